The molecule has 10 heteroatoms. The van der Waals surface area contributed by atoms with Crippen LogP contribution in [0.1, 0.15) is 23.2 Å². The van der Waals surface area contributed by atoms with Gasteiger partial charge in [-0.1, -0.05) is 23.2 Å². The second-order valence-electron chi connectivity index (χ2n) is 6.69. The lowest BCUT2D eigenvalue weighted by Gasteiger charge is -2.19. The van der Waals surface area contributed by atoms with Crippen LogP contribution in [-0.4, -0.2) is 45.5 Å². The Morgan fingerprint density at radius 1 is 1.21 bits per heavy atom. The second kappa shape index (κ2) is 8.87. The van der Waals surface area contributed by atoms with E-state index < -0.39 is 15.9 Å². The van der Waals surface area contributed by atoms with Gasteiger partial charge in [-0.2, -0.15) is 0 Å². The highest BCUT2D eigenvalue weighted by Gasteiger charge is 2.30. The number of sulfonamides is 1. The van der Waals surface area contributed by atoms with Crippen LogP contribution in [0.25, 0.3) is 0 Å². The fraction of sp³-hybridized carbons (Fsp3) is 0.316. The van der Waals surface area contributed by atoms with Gasteiger partial charge < -0.3 is 9.64 Å². The molecule has 1 fully saturated rings. The molecule has 0 aliphatic heterocycles. The molecule has 1 N–H and O–H groups in total. The number of ether oxygens (including phenoxy) is 1. The molecule has 0 spiro atoms. The van der Waals surface area contributed by atoms with Crippen LogP contribution >= 0.6 is 23.2 Å². The van der Waals surface area contributed by atoms with E-state index in [1.165, 1.54) is 48.3 Å². The lowest BCUT2D eigenvalue weighted by Crippen LogP contribution is -2.31. The maximum atomic E-state index is 12.9. The first-order valence-electron chi connectivity index (χ1n) is 8.82. The predicted octanol–water partition coefficient (Wildman–Crippen LogP) is 3.72. The Labute approximate surface area is 178 Å². The largest absolute Gasteiger partial charge is 0.492 e. The van der Waals surface area contributed by atoms with Crippen molar-refractivity contribution in [3.63, 3.8) is 0 Å². The van der Waals surface area contributed by atoms with E-state index in [-0.39, 0.29) is 45.5 Å². The Morgan fingerprint density at radius 2 is 1.86 bits per heavy atom. The van der Waals surface area contributed by atoms with Crippen molar-refractivity contribution < 1.29 is 22.3 Å². The average Bonchev–Trinajstić information content (AvgIpc) is 3.46. The van der Waals surface area contributed by atoms with Gasteiger partial charge in [0.15, 0.2) is 0 Å². The molecule has 0 aromatic heterocycles. The zero-order chi connectivity index (χ0) is 21.2. The third-order valence-electron chi connectivity index (χ3n) is 4.30. The molecule has 156 valence electrons. The highest BCUT2D eigenvalue weighted by atomic mass is 35.5. The van der Waals surface area contributed by atoms with Crippen molar-refractivity contribution in [3.8, 4) is 5.75 Å². The van der Waals surface area contributed by atoms with Gasteiger partial charge >= 0.3 is 0 Å². The third kappa shape index (κ3) is 5.60. The molecule has 2 aromatic rings. The number of carbonyl (C=O) groups excluding carboxylic acids is 1. The smallest absolute Gasteiger partial charge is 0.255 e. The summed E-state index contributed by atoms with van der Waals surface area (Å²) in [7, 11) is -2.31. The van der Waals surface area contributed by atoms with E-state index in [0.29, 0.717) is 5.75 Å². The lowest BCUT2D eigenvalue weighted by molar-refractivity contribution is 0.0773. The Morgan fingerprint density at radius 3 is 2.48 bits per heavy atom. The number of halogens is 3. The minimum Gasteiger partial charge on any atom is -0.492 e. The summed E-state index contributed by atoms with van der Waals surface area (Å²) in [6, 6.07) is 7.85. The van der Waals surface area contributed by atoms with Crippen molar-refractivity contribution in [2.75, 3.05) is 20.2 Å². The number of carbonyl (C=O) groups is 1. The maximum Gasteiger partial charge on any atom is 0.255 e. The molecular weight excluding hydrogens is 442 g/mol. The summed E-state index contributed by atoms with van der Waals surface area (Å²) in [6.07, 6.45) is 1.54. The number of rotatable bonds is 8. The van der Waals surface area contributed by atoms with Gasteiger partial charge in [0.1, 0.15) is 23.1 Å². The predicted molar refractivity (Wildman–Crippen MR) is 109 cm³/mol. The van der Waals surface area contributed by atoms with E-state index in [2.05, 4.69) is 4.72 Å². The number of benzene rings is 2. The summed E-state index contributed by atoms with van der Waals surface area (Å²) < 4.78 is 45.9. The minimum atomic E-state index is -3.85. The first kappa shape index (κ1) is 21.8. The molecule has 6 nitrogen and oxygen atoms in total. The zero-order valence-electron chi connectivity index (χ0n) is 15.5. The van der Waals surface area contributed by atoms with Gasteiger partial charge in [-0.05, 0) is 49.2 Å². The van der Waals surface area contributed by atoms with Crippen LogP contribution in [0.5, 0.6) is 5.75 Å². The van der Waals surface area contributed by atoms with Crippen LogP contribution in [0.2, 0.25) is 10.0 Å². The van der Waals surface area contributed by atoms with Gasteiger partial charge in [-0.25, -0.2) is 17.5 Å². The standard InChI is InChI=1S/C19H19Cl2FN2O4S/c1-24(8-9-28-14-6-2-12(22)3-7-14)19(25)15-10-18(17(21)11-16(15)20)29(26,27)23-13-4-5-13/h2-3,6-7,10-11,13,23H,4-5,8-9H2,1H3. The van der Waals surface area contributed by atoms with Gasteiger partial charge in [0.05, 0.1) is 22.2 Å². The molecule has 29 heavy (non-hydrogen) atoms. The summed E-state index contributed by atoms with van der Waals surface area (Å²) in [5, 5.41) is -0.00123. The van der Waals surface area contributed by atoms with E-state index in [9.17, 15) is 17.6 Å². The Balaban J connectivity index is 1.70. The van der Waals surface area contributed by atoms with Crippen LogP contribution in [0, 0.1) is 5.82 Å². The monoisotopic (exact) mass is 460 g/mol. The van der Waals surface area contributed by atoms with Gasteiger partial charge in [0.25, 0.3) is 5.91 Å². The summed E-state index contributed by atoms with van der Waals surface area (Å²) in [4.78, 5) is 13.9. The van der Waals surface area contributed by atoms with Gasteiger partial charge in [0, 0.05) is 13.1 Å². The summed E-state index contributed by atoms with van der Waals surface area (Å²) in [5.74, 6) is -0.377. The number of likely N-dealkylation sites (N-methyl/N-ethyl adjacent to an activating group) is 1. The molecular formula is C19H19Cl2FN2O4S. The fourth-order valence-corrected chi connectivity index (χ4v) is 4.68. The summed E-state index contributed by atoms with van der Waals surface area (Å²) in [6.45, 7) is 0.366. The van der Waals surface area contributed by atoms with E-state index in [1.54, 1.807) is 0 Å². The average molecular weight is 461 g/mol. The molecule has 1 saturated carbocycles. The van der Waals surface area contributed by atoms with E-state index in [1.807, 2.05) is 0 Å². The lowest BCUT2D eigenvalue weighted by atomic mass is 10.2. The SMILES string of the molecule is CN(CCOc1ccc(F)cc1)C(=O)c1cc(S(=O)(=O)NC2CC2)c(Cl)cc1Cl. The highest BCUT2D eigenvalue weighted by molar-refractivity contribution is 7.89. The van der Waals surface area contributed by atoms with Crippen molar-refractivity contribution in [1.82, 2.24) is 9.62 Å². The summed E-state index contributed by atoms with van der Waals surface area (Å²) in [5.41, 5.74) is 0.0246. The first-order chi connectivity index (χ1) is 13.7. The van der Waals surface area contributed by atoms with Crippen molar-refractivity contribution in [2.24, 2.45) is 0 Å². The Kier molecular flexibility index (Phi) is 6.68. The Bertz CT molecular complexity index is 1010. The maximum absolute atomic E-state index is 12.9. The van der Waals surface area contributed by atoms with Crippen LogP contribution in [-0.2, 0) is 10.0 Å². The van der Waals surface area contributed by atoms with Crippen molar-refractivity contribution >= 4 is 39.1 Å². The van der Waals surface area contributed by atoms with E-state index in [4.69, 9.17) is 27.9 Å². The molecule has 0 atom stereocenters. The molecule has 1 aliphatic rings. The molecule has 0 radical (unpaired) electrons. The van der Waals surface area contributed by atoms with Gasteiger partial charge in [-0.15, -0.1) is 0 Å². The number of hydrogen-bond donors (Lipinski definition) is 1. The van der Waals surface area contributed by atoms with Crippen LogP contribution in [0.15, 0.2) is 41.3 Å². The first-order valence-corrected chi connectivity index (χ1v) is 11.1. The number of nitrogens with zero attached hydrogens (tertiary/aromatic N) is 1. The zero-order valence-corrected chi connectivity index (χ0v) is 17.8. The number of amides is 1. The van der Waals surface area contributed by atoms with Crippen molar-refractivity contribution in [1.29, 1.82) is 0 Å². The molecule has 0 saturated heterocycles. The van der Waals surface area contributed by atoms with Crippen molar-refractivity contribution in [2.45, 2.75) is 23.8 Å². The molecule has 1 amide bonds. The van der Waals surface area contributed by atoms with Crippen LogP contribution < -0.4 is 9.46 Å². The fourth-order valence-electron chi connectivity index (χ4n) is 2.52. The normalized spacial score (nSPS) is 13.9. The van der Waals surface area contributed by atoms with Crippen LogP contribution in [0.3, 0.4) is 0 Å². The second-order valence-corrected chi connectivity index (χ2v) is 9.18. The number of hydrogen-bond acceptors (Lipinski definition) is 4. The van der Waals surface area contributed by atoms with Gasteiger partial charge in [-0.3, -0.25) is 4.79 Å². The topological polar surface area (TPSA) is 75.7 Å². The van der Waals surface area contributed by atoms with E-state index in [0.717, 1.165) is 12.8 Å². The van der Waals surface area contributed by atoms with Crippen molar-refractivity contribution in [3.05, 3.63) is 57.8 Å². The molecule has 0 heterocycles. The third-order valence-corrected chi connectivity index (χ3v) is 6.59. The Hall–Kier alpha value is -1.87. The quantitative estimate of drug-likeness (QED) is 0.650. The summed E-state index contributed by atoms with van der Waals surface area (Å²) >= 11 is 12.2. The van der Waals surface area contributed by atoms with Crippen LogP contribution in [0.4, 0.5) is 4.39 Å². The molecule has 0 bridgehead atoms. The van der Waals surface area contributed by atoms with Gasteiger partial charge in [0.2, 0.25) is 10.0 Å². The van der Waals surface area contributed by atoms with E-state index >= 15 is 0 Å². The molecule has 0 unspecified atom stereocenters. The number of nitrogens with one attached hydrogen (secondary N) is 1. The minimum absolute atomic E-state index is 0.0246. The highest BCUT2D eigenvalue weighted by Crippen LogP contribution is 2.31. The molecule has 3 rings (SSSR count). The molecule has 2 aromatic carbocycles. The molecule has 1 aliphatic carbocycles.